The van der Waals surface area contributed by atoms with Crippen LogP contribution in [0.15, 0.2) is 36.8 Å². The van der Waals surface area contributed by atoms with E-state index in [9.17, 15) is 10.0 Å². The van der Waals surface area contributed by atoms with Gasteiger partial charge in [-0.2, -0.15) is 4.73 Å². The minimum absolute atomic E-state index is 0.144. The molecule has 1 aromatic carbocycles. The Morgan fingerprint density at radius 1 is 1.32 bits per heavy atom. The fourth-order valence-corrected chi connectivity index (χ4v) is 4.16. The zero-order valence-electron chi connectivity index (χ0n) is 16.2. The highest BCUT2D eigenvalue weighted by Gasteiger charge is 2.23. The van der Waals surface area contributed by atoms with Crippen molar-refractivity contribution in [3.05, 3.63) is 42.0 Å². The maximum Gasteiger partial charge on any atom is 0.226 e. The quantitative estimate of drug-likeness (QED) is 0.373. The molecular formula is C21H26N4O3. The van der Waals surface area contributed by atoms with E-state index in [1.807, 2.05) is 29.2 Å². The number of pyridine rings is 1. The van der Waals surface area contributed by atoms with Gasteiger partial charge in [-0.15, -0.1) is 0 Å². The molecule has 3 heterocycles. The molecule has 7 heteroatoms. The van der Waals surface area contributed by atoms with E-state index in [0.29, 0.717) is 17.1 Å². The summed E-state index contributed by atoms with van der Waals surface area (Å²) in [6.07, 6.45) is 7.07. The van der Waals surface area contributed by atoms with Gasteiger partial charge >= 0.3 is 0 Å². The second-order valence-corrected chi connectivity index (χ2v) is 7.41. The molecule has 2 aromatic heterocycles. The van der Waals surface area contributed by atoms with Crippen LogP contribution in [0.2, 0.25) is 0 Å². The van der Waals surface area contributed by atoms with Gasteiger partial charge in [0.2, 0.25) is 17.6 Å². The molecule has 4 rings (SSSR count). The molecule has 0 bridgehead atoms. The van der Waals surface area contributed by atoms with Gasteiger partial charge in [-0.1, -0.05) is 12.1 Å². The van der Waals surface area contributed by atoms with E-state index in [0.717, 1.165) is 67.6 Å². The number of hydrogen-bond donors (Lipinski definition) is 0. The van der Waals surface area contributed by atoms with E-state index in [1.54, 1.807) is 13.3 Å². The van der Waals surface area contributed by atoms with Crippen LogP contribution in [-0.2, 0) is 16.1 Å². The number of ether oxygens (including phenoxy) is 1. The Morgan fingerprint density at radius 2 is 2.11 bits per heavy atom. The number of unbranched alkanes of at least 4 members (excludes halogenated alkanes) is 1. The number of rotatable bonds is 6. The summed E-state index contributed by atoms with van der Waals surface area (Å²) < 4.78 is 8.41. The Kier molecular flexibility index (Phi) is 5.43. The molecule has 1 aliphatic heterocycles. The summed E-state index contributed by atoms with van der Waals surface area (Å²) in [5, 5.41) is 13.1. The number of benzene rings is 1. The van der Waals surface area contributed by atoms with Crippen LogP contribution in [0.1, 0.15) is 32.6 Å². The predicted octanol–water partition coefficient (Wildman–Crippen LogP) is 2.63. The van der Waals surface area contributed by atoms with Crippen LogP contribution in [0, 0.1) is 5.21 Å². The van der Waals surface area contributed by atoms with Gasteiger partial charge in [-0.3, -0.25) is 4.79 Å². The van der Waals surface area contributed by atoms with Crippen LogP contribution in [0.25, 0.3) is 21.9 Å². The van der Waals surface area contributed by atoms with Gasteiger partial charge in [0.25, 0.3) is 0 Å². The van der Waals surface area contributed by atoms with Gasteiger partial charge in [-0.05, 0) is 31.7 Å². The Morgan fingerprint density at radius 3 is 2.89 bits per heavy atom. The molecule has 148 valence electrons. The molecule has 1 fully saturated rings. The maximum absolute atomic E-state index is 12.2. The molecule has 1 saturated heterocycles. The normalized spacial score (nSPS) is 15.3. The largest absolute Gasteiger partial charge is 0.618 e. The average Bonchev–Trinajstić information content (AvgIpc) is 3.11. The second kappa shape index (κ2) is 8.14. The fraction of sp³-hybridized carbons (Fsp3) is 0.476. The Labute approximate surface area is 164 Å². The summed E-state index contributed by atoms with van der Waals surface area (Å²) in [6, 6.07) is 7.91. The number of aryl methyl sites for hydroxylation is 1. The highest BCUT2D eigenvalue weighted by Crippen LogP contribution is 2.22. The first-order valence-corrected chi connectivity index (χ1v) is 9.96. The first-order valence-electron chi connectivity index (χ1n) is 9.96. The van der Waals surface area contributed by atoms with Crippen molar-refractivity contribution in [2.24, 2.45) is 0 Å². The highest BCUT2D eigenvalue weighted by atomic mass is 16.5. The summed E-state index contributed by atoms with van der Waals surface area (Å²) in [4.78, 5) is 18.5. The molecule has 0 radical (unpaired) electrons. The summed E-state index contributed by atoms with van der Waals surface area (Å²) in [7, 11) is 0. The Hall–Kier alpha value is -2.67. The zero-order chi connectivity index (χ0) is 19.5. The molecular weight excluding hydrogens is 356 g/mol. The molecule has 28 heavy (non-hydrogen) atoms. The van der Waals surface area contributed by atoms with Crippen molar-refractivity contribution in [2.45, 2.75) is 45.2 Å². The van der Waals surface area contributed by atoms with Gasteiger partial charge in [0, 0.05) is 45.3 Å². The SMILES string of the molecule is CC(=O)N(CCCCn1cnc2c[n+]([O-])c3ccccc3c21)C1CCOCC1. The van der Waals surface area contributed by atoms with E-state index < -0.39 is 0 Å². The van der Waals surface area contributed by atoms with Gasteiger partial charge in [-0.25, -0.2) is 4.98 Å². The summed E-state index contributed by atoms with van der Waals surface area (Å²) >= 11 is 0. The summed E-state index contributed by atoms with van der Waals surface area (Å²) in [5.74, 6) is 0.144. The molecule has 7 nitrogen and oxygen atoms in total. The third-order valence-electron chi connectivity index (χ3n) is 5.59. The molecule has 0 N–H and O–H groups in total. The lowest BCUT2D eigenvalue weighted by Crippen LogP contribution is -2.42. The topological polar surface area (TPSA) is 74.3 Å². The Balaban J connectivity index is 1.44. The molecule has 0 spiro atoms. The number of nitrogens with zero attached hydrogens (tertiary/aromatic N) is 4. The van der Waals surface area contributed by atoms with E-state index in [4.69, 9.17) is 4.74 Å². The number of aromatic nitrogens is 3. The molecule has 0 unspecified atom stereocenters. The minimum atomic E-state index is 0.144. The van der Waals surface area contributed by atoms with Crippen molar-refractivity contribution in [1.29, 1.82) is 0 Å². The molecule has 0 aliphatic carbocycles. The van der Waals surface area contributed by atoms with Gasteiger partial charge < -0.3 is 19.4 Å². The number of carbonyl (C=O) groups is 1. The lowest BCUT2D eigenvalue weighted by Gasteiger charge is -2.33. The molecule has 1 aliphatic rings. The smallest absolute Gasteiger partial charge is 0.226 e. The Bertz CT molecular complexity index is 978. The zero-order valence-corrected chi connectivity index (χ0v) is 16.2. The van der Waals surface area contributed by atoms with E-state index in [2.05, 4.69) is 9.55 Å². The molecule has 1 amide bonds. The van der Waals surface area contributed by atoms with E-state index >= 15 is 0 Å². The lowest BCUT2D eigenvalue weighted by atomic mass is 10.1. The molecule has 0 saturated carbocycles. The van der Waals surface area contributed by atoms with Crippen molar-refractivity contribution in [2.75, 3.05) is 19.8 Å². The van der Waals surface area contributed by atoms with Crippen molar-refractivity contribution in [1.82, 2.24) is 14.5 Å². The second-order valence-electron chi connectivity index (χ2n) is 7.41. The van der Waals surface area contributed by atoms with Crippen LogP contribution >= 0.6 is 0 Å². The third-order valence-corrected chi connectivity index (χ3v) is 5.59. The van der Waals surface area contributed by atoms with Crippen LogP contribution in [0.4, 0.5) is 0 Å². The van der Waals surface area contributed by atoms with Crippen molar-refractivity contribution < 1.29 is 14.3 Å². The first-order chi connectivity index (χ1) is 13.6. The number of hydrogen-bond acceptors (Lipinski definition) is 4. The fourth-order valence-electron chi connectivity index (χ4n) is 4.16. The number of imidazole rings is 1. The van der Waals surface area contributed by atoms with Gasteiger partial charge in [0.1, 0.15) is 0 Å². The standard InChI is InChI=1S/C21H26N4O3/c1-16(26)24(17-8-12-28-13-9-17)11-5-4-10-23-15-22-19-14-25(27)20-7-3-2-6-18(20)21(19)23/h2-3,6-7,14-15,17H,4-5,8-13H2,1H3. The minimum Gasteiger partial charge on any atom is -0.618 e. The van der Waals surface area contributed by atoms with Crippen LogP contribution in [-0.4, -0.2) is 46.2 Å². The first kappa shape index (κ1) is 18.7. The number of fused-ring (bicyclic) bond motifs is 3. The predicted molar refractivity (Wildman–Crippen MR) is 107 cm³/mol. The van der Waals surface area contributed by atoms with Crippen molar-refractivity contribution in [3.8, 4) is 0 Å². The third kappa shape index (κ3) is 3.67. The lowest BCUT2D eigenvalue weighted by molar-refractivity contribution is -0.575. The van der Waals surface area contributed by atoms with Crippen molar-refractivity contribution >= 4 is 27.8 Å². The van der Waals surface area contributed by atoms with Gasteiger partial charge in [0.15, 0.2) is 5.52 Å². The van der Waals surface area contributed by atoms with Crippen LogP contribution in [0.5, 0.6) is 0 Å². The summed E-state index contributed by atoms with van der Waals surface area (Å²) in [6.45, 7) is 4.71. The number of amides is 1. The van der Waals surface area contributed by atoms with E-state index in [1.165, 1.54) is 6.20 Å². The van der Waals surface area contributed by atoms with Gasteiger partial charge in [0.05, 0.1) is 17.2 Å². The summed E-state index contributed by atoms with van der Waals surface area (Å²) in [5.41, 5.74) is 2.36. The van der Waals surface area contributed by atoms with Crippen LogP contribution < -0.4 is 4.73 Å². The monoisotopic (exact) mass is 382 g/mol. The van der Waals surface area contributed by atoms with Crippen molar-refractivity contribution in [3.63, 3.8) is 0 Å². The van der Waals surface area contributed by atoms with E-state index in [-0.39, 0.29) is 5.91 Å². The molecule has 0 atom stereocenters. The number of para-hydroxylation sites is 1. The average molecular weight is 382 g/mol. The highest BCUT2D eigenvalue weighted by molar-refractivity contribution is 6.00. The maximum atomic E-state index is 12.2. The number of carbonyl (C=O) groups excluding carboxylic acids is 1. The molecule has 3 aromatic rings. The van der Waals surface area contributed by atoms with Crippen LogP contribution in [0.3, 0.4) is 0 Å².